The van der Waals surface area contributed by atoms with Crippen molar-refractivity contribution in [3.63, 3.8) is 0 Å². The zero-order valence-corrected chi connectivity index (χ0v) is 14.1. The van der Waals surface area contributed by atoms with Crippen molar-refractivity contribution in [3.05, 3.63) is 24.0 Å². The summed E-state index contributed by atoms with van der Waals surface area (Å²) >= 11 is 0. The predicted molar refractivity (Wildman–Crippen MR) is 78.8 cm³/mol. The molecule has 120 valence electrons. The minimum Gasteiger partial charge on any atom is -0.224 e. The molecule has 21 heavy (non-hydrogen) atoms. The molecule has 0 aromatic heterocycles. The van der Waals surface area contributed by atoms with Gasteiger partial charge >= 0.3 is 0 Å². The number of nitrogens with zero attached hydrogens (tertiary/aromatic N) is 1. The summed E-state index contributed by atoms with van der Waals surface area (Å²) in [7, 11) is -6.32. The van der Waals surface area contributed by atoms with E-state index >= 15 is 0 Å². The average molecular weight is 337 g/mol. The summed E-state index contributed by atoms with van der Waals surface area (Å²) in [4.78, 5) is -0.833. The van der Waals surface area contributed by atoms with Gasteiger partial charge in [0.15, 0.2) is 9.84 Å². The second-order valence-corrected chi connectivity index (χ2v) is 8.84. The molecule has 0 aliphatic carbocycles. The van der Waals surface area contributed by atoms with E-state index in [1.165, 1.54) is 7.05 Å². The fourth-order valence-electron chi connectivity index (χ4n) is 2.07. The molecular weight excluding hydrogens is 317 g/mol. The van der Waals surface area contributed by atoms with Crippen molar-refractivity contribution >= 4 is 19.9 Å². The van der Waals surface area contributed by atoms with Crippen LogP contribution >= 0.6 is 0 Å². The zero-order valence-electron chi connectivity index (χ0n) is 12.5. The lowest BCUT2D eigenvalue weighted by Crippen LogP contribution is -2.36. The number of halogens is 1. The molecule has 0 N–H and O–H groups in total. The Hall–Kier alpha value is -0.990. The van der Waals surface area contributed by atoms with Crippen LogP contribution in [0.2, 0.25) is 0 Å². The molecule has 0 saturated carbocycles. The maximum atomic E-state index is 13.9. The second-order valence-electron chi connectivity index (χ2n) is 4.86. The van der Waals surface area contributed by atoms with Crippen molar-refractivity contribution < 1.29 is 21.2 Å². The molecule has 0 amide bonds. The number of rotatable bonds is 6. The Morgan fingerprint density at radius 1 is 1.14 bits per heavy atom. The van der Waals surface area contributed by atoms with Gasteiger partial charge < -0.3 is 0 Å². The Morgan fingerprint density at radius 2 is 1.67 bits per heavy atom. The van der Waals surface area contributed by atoms with Gasteiger partial charge in [-0.1, -0.05) is 13.8 Å². The van der Waals surface area contributed by atoms with E-state index in [0.717, 1.165) is 28.8 Å². The van der Waals surface area contributed by atoms with Crippen LogP contribution in [0.15, 0.2) is 28.0 Å². The summed E-state index contributed by atoms with van der Waals surface area (Å²) in [5.74, 6) is -0.958. The number of benzene rings is 1. The second kappa shape index (κ2) is 6.41. The van der Waals surface area contributed by atoms with E-state index in [2.05, 4.69) is 0 Å². The Balaban J connectivity index is 3.45. The Labute approximate surface area is 125 Å². The van der Waals surface area contributed by atoms with Crippen LogP contribution in [0.25, 0.3) is 0 Å². The van der Waals surface area contributed by atoms with E-state index in [0.29, 0.717) is 12.8 Å². The average Bonchev–Trinajstić information content (AvgIpc) is 2.38. The molecule has 1 aromatic rings. The van der Waals surface area contributed by atoms with E-state index in [1.807, 2.05) is 13.8 Å². The summed E-state index contributed by atoms with van der Waals surface area (Å²) in [6.45, 7) is 3.67. The molecule has 8 heteroatoms. The minimum absolute atomic E-state index is 0.222. The van der Waals surface area contributed by atoms with E-state index < -0.39 is 30.6 Å². The third kappa shape index (κ3) is 3.81. The van der Waals surface area contributed by atoms with Gasteiger partial charge in [0, 0.05) is 19.3 Å². The van der Waals surface area contributed by atoms with E-state index in [9.17, 15) is 21.2 Å². The van der Waals surface area contributed by atoms with Crippen molar-refractivity contribution in [1.82, 2.24) is 4.31 Å². The highest BCUT2D eigenvalue weighted by molar-refractivity contribution is 7.91. The first-order valence-electron chi connectivity index (χ1n) is 6.53. The van der Waals surface area contributed by atoms with Crippen molar-refractivity contribution in [2.45, 2.75) is 42.5 Å². The smallest absolute Gasteiger partial charge is 0.224 e. The summed E-state index contributed by atoms with van der Waals surface area (Å²) in [6, 6.07) is 2.53. The molecule has 0 atom stereocenters. The standard InChI is InChI=1S/C13H20FNO4S2/c1-5-10(6-2)15(3)21(18,19)13-9-11(20(4,16)17)7-8-12(13)14/h7-10H,5-6H2,1-4H3. The zero-order chi connectivity index (χ0) is 16.4. The van der Waals surface area contributed by atoms with Crippen LogP contribution in [0.1, 0.15) is 26.7 Å². The molecule has 0 saturated heterocycles. The number of hydrogen-bond donors (Lipinski definition) is 0. The van der Waals surface area contributed by atoms with Crippen LogP contribution in [0.5, 0.6) is 0 Å². The molecular formula is C13H20FNO4S2. The highest BCUT2D eigenvalue weighted by Gasteiger charge is 2.29. The molecule has 0 unspecified atom stereocenters. The molecule has 0 aliphatic heterocycles. The maximum Gasteiger partial charge on any atom is 0.246 e. The predicted octanol–water partition coefficient (Wildman–Crippen LogP) is 2.04. The van der Waals surface area contributed by atoms with Crippen molar-refractivity contribution in [1.29, 1.82) is 0 Å². The first-order chi connectivity index (χ1) is 9.55. The monoisotopic (exact) mass is 337 g/mol. The van der Waals surface area contributed by atoms with Gasteiger partial charge in [-0.3, -0.25) is 0 Å². The molecule has 0 aliphatic rings. The highest BCUT2D eigenvalue weighted by Crippen LogP contribution is 2.24. The van der Waals surface area contributed by atoms with Crippen LogP contribution in [0.4, 0.5) is 4.39 Å². The van der Waals surface area contributed by atoms with Crippen molar-refractivity contribution in [2.75, 3.05) is 13.3 Å². The van der Waals surface area contributed by atoms with Gasteiger partial charge in [0.25, 0.3) is 0 Å². The first-order valence-corrected chi connectivity index (χ1v) is 9.86. The summed E-state index contributed by atoms with van der Waals surface area (Å²) in [6.07, 6.45) is 2.11. The Bertz CT molecular complexity index is 710. The van der Waals surface area contributed by atoms with Crippen LogP contribution in [-0.4, -0.2) is 40.5 Å². The van der Waals surface area contributed by atoms with Crippen molar-refractivity contribution in [2.24, 2.45) is 0 Å². The lowest BCUT2D eigenvalue weighted by molar-refractivity contribution is 0.348. The van der Waals surface area contributed by atoms with Gasteiger partial charge in [-0.2, -0.15) is 4.31 Å². The normalized spacial score (nSPS) is 13.1. The Kier molecular flexibility index (Phi) is 5.51. The lowest BCUT2D eigenvalue weighted by Gasteiger charge is -2.25. The van der Waals surface area contributed by atoms with Gasteiger partial charge in [0.05, 0.1) is 4.90 Å². The fourth-order valence-corrected chi connectivity index (χ4v) is 4.38. The van der Waals surface area contributed by atoms with Crippen LogP contribution < -0.4 is 0 Å². The van der Waals surface area contributed by atoms with E-state index in [1.54, 1.807) is 0 Å². The van der Waals surface area contributed by atoms with Crippen LogP contribution in [0, 0.1) is 5.82 Å². The fraction of sp³-hybridized carbons (Fsp3) is 0.538. The third-order valence-corrected chi connectivity index (χ3v) is 6.48. The molecule has 0 bridgehead atoms. The molecule has 0 radical (unpaired) electrons. The molecule has 5 nitrogen and oxygen atoms in total. The van der Waals surface area contributed by atoms with Gasteiger partial charge in [-0.15, -0.1) is 0 Å². The molecule has 0 fully saturated rings. The quantitative estimate of drug-likeness (QED) is 0.745. The summed E-state index contributed by atoms with van der Waals surface area (Å²) in [5.41, 5.74) is 0. The minimum atomic E-state index is -4.08. The lowest BCUT2D eigenvalue weighted by atomic mass is 10.2. The molecule has 0 spiro atoms. The van der Waals surface area contributed by atoms with Gasteiger partial charge in [0.1, 0.15) is 10.7 Å². The van der Waals surface area contributed by atoms with Gasteiger partial charge in [0.2, 0.25) is 10.0 Å². The third-order valence-electron chi connectivity index (χ3n) is 3.44. The van der Waals surface area contributed by atoms with Gasteiger partial charge in [-0.25, -0.2) is 21.2 Å². The number of sulfonamides is 1. The van der Waals surface area contributed by atoms with Crippen molar-refractivity contribution in [3.8, 4) is 0 Å². The summed E-state index contributed by atoms with van der Waals surface area (Å²) < 4.78 is 63.0. The highest BCUT2D eigenvalue weighted by atomic mass is 32.2. The molecule has 0 heterocycles. The topological polar surface area (TPSA) is 71.5 Å². The SMILES string of the molecule is CCC(CC)N(C)S(=O)(=O)c1cc(S(C)(=O)=O)ccc1F. The summed E-state index contributed by atoms with van der Waals surface area (Å²) in [5, 5.41) is 0. The maximum absolute atomic E-state index is 13.9. The van der Waals surface area contributed by atoms with E-state index in [-0.39, 0.29) is 10.9 Å². The number of hydrogen-bond acceptors (Lipinski definition) is 4. The number of sulfone groups is 1. The molecule has 1 rings (SSSR count). The van der Waals surface area contributed by atoms with Gasteiger partial charge in [-0.05, 0) is 31.0 Å². The van der Waals surface area contributed by atoms with Crippen LogP contribution in [0.3, 0.4) is 0 Å². The Morgan fingerprint density at radius 3 is 2.10 bits per heavy atom. The van der Waals surface area contributed by atoms with E-state index in [4.69, 9.17) is 0 Å². The van der Waals surface area contributed by atoms with Crippen LogP contribution in [-0.2, 0) is 19.9 Å². The largest absolute Gasteiger partial charge is 0.246 e. The first kappa shape index (κ1) is 18.1. The molecule has 1 aromatic carbocycles.